The van der Waals surface area contributed by atoms with Crippen molar-refractivity contribution in [2.75, 3.05) is 44.2 Å². The van der Waals surface area contributed by atoms with Gasteiger partial charge in [-0.3, -0.25) is 9.69 Å². The summed E-state index contributed by atoms with van der Waals surface area (Å²) in [4.78, 5) is 21.0. The zero-order valence-electron chi connectivity index (χ0n) is 15.5. The van der Waals surface area contributed by atoms with Gasteiger partial charge in [0.1, 0.15) is 11.3 Å². The fourth-order valence-electron chi connectivity index (χ4n) is 3.31. The van der Waals surface area contributed by atoms with E-state index in [9.17, 15) is 13.6 Å². The van der Waals surface area contributed by atoms with E-state index in [0.717, 1.165) is 43.3 Å². The van der Waals surface area contributed by atoms with Crippen molar-refractivity contribution in [3.63, 3.8) is 0 Å². The Kier molecular flexibility index (Phi) is 6.07. The molecule has 2 aromatic carbocycles. The predicted octanol–water partition coefficient (Wildman–Crippen LogP) is 3.89. The number of carbonyl (C=O) groups is 1. The van der Waals surface area contributed by atoms with Crippen LogP contribution in [0.4, 0.5) is 13.9 Å². The van der Waals surface area contributed by atoms with Gasteiger partial charge in [-0.2, -0.15) is 0 Å². The Morgan fingerprint density at radius 1 is 1.17 bits per heavy atom. The number of amides is 1. The highest BCUT2D eigenvalue weighted by Gasteiger charge is 2.21. The lowest BCUT2D eigenvalue weighted by atomic mass is 10.2. The summed E-state index contributed by atoms with van der Waals surface area (Å²) in [6.45, 7) is 4.45. The van der Waals surface area contributed by atoms with Crippen molar-refractivity contribution in [1.82, 2.24) is 15.2 Å². The van der Waals surface area contributed by atoms with Crippen molar-refractivity contribution in [2.24, 2.45) is 0 Å². The van der Waals surface area contributed by atoms with E-state index in [0.29, 0.717) is 21.9 Å². The lowest BCUT2D eigenvalue weighted by molar-refractivity contribution is 0.0947. The van der Waals surface area contributed by atoms with Gasteiger partial charge in [-0.1, -0.05) is 23.5 Å². The summed E-state index contributed by atoms with van der Waals surface area (Å²) in [7, 11) is 0. The number of nitrogens with one attached hydrogen (secondary N) is 1. The average molecular weight is 481 g/mol. The predicted molar refractivity (Wildman–Crippen MR) is 115 cm³/mol. The molecule has 152 valence electrons. The fourth-order valence-corrected chi connectivity index (χ4v) is 4.83. The third-order valence-electron chi connectivity index (χ3n) is 4.88. The molecular weight excluding hydrogens is 462 g/mol. The molecule has 1 aliphatic heterocycles. The highest BCUT2D eigenvalue weighted by Crippen LogP contribution is 2.31. The van der Waals surface area contributed by atoms with Crippen molar-refractivity contribution in [3.05, 3.63) is 58.1 Å². The summed E-state index contributed by atoms with van der Waals surface area (Å²) in [6, 6.07) is 9.52. The van der Waals surface area contributed by atoms with Crippen molar-refractivity contribution in [2.45, 2.75) is 0 Å². The minimum atomic E-state index is -0.623. The number of thiazole rings is 1. The van der Waals surface area contributed by atoms with Crippen LogP contribution in [0.3, 0.4) is 0 Å². The lowest BCUT2D eigenvalue weighted by Gasteiger charge is -2.34. The second kappa shape index (κ2) is 8.73. The molecule has 0 saturated carbocycles. The van der Waals surface area contributed by atoms with Crippen molar-refractivity contribution < 1.29 is 13.6 Å². The maximum atomic E-state index is 13.9. The third kappa shape index (κ3) is 4.57. The molecule has 1 aliphatic rings. The van der Waals surface area contributed by atoms with Crippen LogP contribution < -0.4 is 10.2 Å². The van der Waals surface area contributed by atoms with E-state index in [1.807, 2.05) is 18.2 Å². The van der Waals surface area contributed by atoms with E-state index in [1.165, 1.54) is 17.4 Å². The average Bonchev–Trinajstić information content (AvgIpc) is 3.13. The fraction of sp³-hybridized carbons (Fsp3) is 0.300. The molecule has 5 nitrogen and oxygen atoms in total. The minimum Gasteiger partial charge on any atom is -0.351 e. The Labute approximate surface area is 179 Å². The van der Waals surface area contributed by atoms with E-state index in [1.54, 1.807) is 6.07 Å². The van der Waals surface area contributed by atoms with Crippen LogP contribution in [0, 0.1) is 11.6 Å². The van der Waals surface area contributed by atoms with Gasteiger partial charge in [0, 0.05) is 49.8 Å². The SMILES string of the molecule is O=C(NCCN1CCN(c2nc3c(F)cc(F)cc3s2)CC1)c1ccccc1Br. The van der Waals surface area contributed by atoms with Crippen LogP contribution in [-0.2, 0) is 0 Å². The number of carbonyl (C=O) groups excluding carboxylic acids is 1. The van der Waals surface area contributed by atoms with Gasteiger partial charge < -0.3 is 10.2 Å². The smallest absolute Gasteiger partial charge is 0.252 e. The Hall–Kier alpha value is -2.10. The van der Waals surface area contributed by atoms with Gasteiger partial charge in [-0.15, -0.1) is 0 Å². The van der Waals surface area contributed by atoms with E-state index in [-0.39, 0.29) is 11.4 Å². The zero-order chi connectivity index (χ0) is 20.4. The molecule has 29 heavy (non-hydrogen) atoms. The first-order valence-electron chi connectivity index (χ1n) is 9.27. The molecule has 9 heteroatoms. The molecule has 1 saturated heterocycles. The van der Waals surface area contributed by atoms with E-state index in [4.69, 9.17) is 0 Å². The minimum absolute atomic E-state index is 0.0974. The summed E-state index contributed by atoms with van der Waals surface area (Å²) in [5.41, 5.74) is 0.848. The molecular formula is C20H19BrF2N4OS. The zero-order valence-corrected chi connectivity index (χ0v) is 17.9. The molecule has 2 heterocycles. The summed E-state index contributed by atoms with van der Waals surface area (Å²) >= 11 is 4.70. The molecule has 3 aromatic rings. The van der Waals surface area contributed by atoms with Crippen LogP contribution >= 0.6 is 27.3 Å². The van der Waals surface area contributed by atoms with E-state index < -0.39 is 11.6 Å². The van der Waals surface area contributed by atoms with Crippen LogP contribution in [0.15, 0.2) is 40.9 Å². The number of aromatic nitrogens is 1. The number of hydrogen-bond donors (Lipinski definition) is 1. The van der Waals surface area contributed by atoms with E-state index >= 15 is 0 Å². The monoisotopic (exact) mass is 480 g/mol. The third-order valence-corrected chi connectivity index (χ3v) is 6.63. The van der Waals surface area contributed by atoms with Gasteiger partial charge in [-0.25, -0.2) is 13.8 Å². The Morgan fingerprint density at radius 2 is 1.93 bits per heavy atom. The van der Waals surface area contributed by atoms with Crippen LogP contribution in [0.2, 0.25) is 0 Å². The van der Waals surface area contributed by atoms with Crippen LogP contribution in [0.1, 0.15) is 10.4 Å². The second-order valence-electron chi connectivity index (χ2n) is 6.80. The molecule has 0 spiro atoms. The number of hydrogen-bond acceptors (Lipinski definition) is 5. The van der Waals surface area contributed by atoms with E-state index in [2.05, 4.69) is 36.0 Å². The molecule has 0 aliphatic carbocycles. The molecule has 0 unspecified atom stereocenters. The number of nitrogens with zero attached hydrogens (tertiary/aromatic N) is 3. The maximum Gasteiger partial charge on any atom is 0.252 e. The topological polar surface area (TPSA) is 48.5 Å². The number of piperazine rings is 1. The summed E-state index contributed by atoms with van der Waals surface area (Å²) < 4.78 is 28.6. The van der Waals surface area contributed by atoms with Crippen LogP contribution in [0.5, 0.6) is 0 Å². The van der Waals surface area contributed by atoms with Gasteiger partial charge in [0.05, 0.1) is 10.3 Å². The molecule has 0 radical (unpaired) electrons. The second-order valence-corrected chi connectivity index (χ2v) is 8.66. The van der Waals surface area contributed by atoms with Crippen LogP contribution in [-0.4, -0.2) is 55.1 Å². The molecule has 1 fully saturated rings. The standard InChI is InChI=1S/C20H19BrF2N4OS/c21-15-4-2-1-3-14(15)19(28)24-5-6-26-7-9-27(10-8-26)20-25-18-16(23)11-13(22)12-17(18)29-20/h1-4,11-12H,5-10H2,(H,24,28). The van der Waals surface area contributed by atoms with Gasteiger partial charge in [0.2, 0.25) is 0 Å². The van der Waals surface area contributed by atoms with Crippen molar-refractivity contribution in [1.29, 1.82) is 0 Å². The number of halogens is 3. The quantitative estimate of drug-likeness (QED) is 0.601. The number of fused-ring (bicyclic) bond motifs is 1. The first-order chi connectivity index (χ1) is 14.0. The molecule has 4 rings (SSSR count). The Bertz CT molecular complexity index is 1040. The van der Waals surface area contributed by atoms with Gasteiger partial charge in [0.25, 0.3) is 5.91 Å². The van der Waals surface area contributed by atoms with Gasteiger partial charge in [0.15, 0.2) is 10.9 Å². The van der Waals surface area contributed by atoms with Gasteiger partial charge >= 0.3 is 0 Å². The Balaban J connectivity index is 1.28. The van der Waals surface area contributed by atoms with Gasteiger partial charge in [-0.05, 0) is 34.1 Å². The summed E-state index contributed by atoms with van der Waals surface area (Å²) in [5, 5.41) is 3.66. The highest BCUT2D eigenvalue weighted by atomic mass is 79.9. The first kappa shape index (κ1) is 20.2. The largest absolute Gasteiger partial charge is 0.351 e. The van der Waals surface area contributed by atoms with Crippen LogP contribution in [0.25, 0.3) is 10.2 Å². The first-order valence-corrected chi connectivity index (χ1v) is 10.9. The number of anilines is 1. The highest BCUT2D eigenvalue weighted by molar-refractivity contribution is 9.10. The molecule has 0 bridgehead atoms. The molecule has 1 N–H and O–H groups in total. The van der Waals surface area contributed by atoms with Crippen molar-refractivity contribution in [3.8, 4) is 0 Å². The Morgan fingerprint density at radius 3 is 2.69 bits per heavy atom. The normalized spacial score (nSPS) is 15.1. The lowest BCUT2D eigenvalue weighted by Crippen LogP contribution is -2.48. The maximum absolute atomic E-state index is 13.9. The summed E-state index contributed by atoms with van der Waals surface area (Å²) in [6.07, 6.45) is 0. The van der Waals surface area contributed by atoms with Crippen molar-refractivity contribution >= 4 is 48.5 Å². The number of benzene rings is 2. The molecule has 1 amide bonds. The summed E-state index contributed by atoms with van der Waals surface area (Å²) in [5.74, 6) is -1.30. The number of rotatable bonds is 5. The molecule has 1 aromatic heterocycles. The molecule has 0 atom stereocenters.